The number of methoxy groups -OCH3 is 3. The Balaban J connectivity index is 1.58. The van der Waals surface area contributed by atoms with Gasteiger partial charge in [0, 0.05) is 21.9 Å². The molecular weight excluding hydrogens is 500 g/mol. The van der Waals surface area contributed by atoms with Crippen molar-refractivity contribution in [3.63, 3.8) is 0 Å². The van der Waals surface area contributed by atoms with Gasteiger partial charge < -0.3 is 19.5 Å². The third-order valence-corrected chi connectivity index (χ3v) is 7.03. The smallest absolute Gasteiger partial charge is 0.341 e. The number of ether oxygens (including phenoxy) is 3. The lowest BCUT2D eigenvalue weighted by atomic mass is 10.0. The highest BCUT2D eigenvalue weighted by Gasteiger charge is 2.24. The molecule has 0 unspecified atom stereocenters. The second-order valence-corrected chi connectivity index (χ2v) is 9.19. The van der Waals surface area contributed by atoms with Crippen LogP contribution in [0.3, 0.4) is 0 Å². The number of amides is 1. The van der Waals surface area contributed by atoms with Crippen molar-refractivity contribution in [1.29, 1.82) is 0 Å². The van der Waals surface area contributed by atoms with Crippen LogP contribution in [-0.4, -0.2) is 38.2 Å². The highest BCUT2D eigenvalue weighted by atomic mass is 32.1. The number of rotatable bonds is 7. The summed E-state index contributed by atoms with van der Waals surface area (Å²) in [6.45, 7) is 0. The normalized spacial score (nSPS) is 10.7. The highest BCUT2D eigenvalue weighted by molar-refractivity contribution is 7.15. The topological polar surface area (TPSA) is 86.8 Å². The van der Waals surface area contributed by atoms with Gasteiger partial charge in [0.1, 0.15) is 10.6 Å². The Kier molecular flexibility index (Phi) is 7.06. The van der Waals surface area contributed by atoms with Gasteiger partial charge in [0.05, 0.1) is 38.1 Å². The molecule has 2 heterocycles. The van der Waals surface area contributed by atoms with Gasteiger partial charge in [-0.05, 0) is 35.9 Å². The Morgan fingerprint density at radius 3 is 2.29 bits per heavy atom. The number of fused-ring (bicyclic) bond motifs is 1. The standard InChI is InChI=1S/C30H24N2O5S/c1-35-25-14-13-19(15-26(25)36-2)24-16-21(20-11-7-8-12-23(20)31-24)28(33)32-29-27(30(34)37-3)22(17-38-29)18-9-5-4-6-10-18/h4-17H,1-3H3,(H,32,33). The van der Waals surface area contributed by atoms with Crippen LogP contribution in [0, 0.1) is 0 Å². The number of carbonyl (C=O) groups excluding carboxylic acids is 2. The van der Waals surface area contributed by atoms with E-state index in [9.17, 15) is 9.59 Å². The van der Waals surface area contributed by atoms with Gasteiger partial charge >= 0.3 is 5.97 Å². The number of hydrogen-bond donors (Lipinski definition) is 1. The molecule has 0 radical (unpaired) electrons. The van der Waals surface area contributed by atoms with Gasteiger partial charge in [0.25, 0.3) is 5.91 Å². The predicted octanol–water partition coefficient (Wildman–Crippen LogP) is 6.69. The van der Waals surface area contributed by atoms with Crippen molar-refractivity contribution >= 4 is 39.1 Å². The second kappa shape index (κ2) is 10.7. The van der Waals surface area contributed by atoms with E-state index in [4.69, 9.17) is 19.2 Å². The molecule has 7 nitrogen and oxygen atoms in total. The molecule has 0 fully saturated rings. The molecule has 8 heteroatoms. The zero-order chi connectivity index (χ0) is 26.6. The number of thiophene rings is 1. The van der Waals surface area contributed by atoms with Crippen molar-refractivity contribution in [2.24, 2.45) is 0 Å². The van der Waals surface area contributed by atoms with Crippen molar-refractivity contribution in [3.8, 4) is 33.9 Å². The van der Waals surface area contributed by atoms with Gasteiger partial charge in [-0.2, -0.15) is 0 Å². The molecule has 0 aliphatic heterocycles. The summed E-state index contributed by atoms with van der Waals surface area (Å²) in [6, 6.07) is 24.2. The lowest BCUT2D eigenvalue weighted by Gasteiger charge is -2.13. The van der Waals surface area contributed by atoms with Crippen LogP contribution in [0.15, 0.2) is 84.2 Å². The molecule has 0 saturated carbocycles. The average Bonchev–Trinajstić information content (AvgIpc) is 3.39. The molecular formula is C30H24N2O5S. The summed E-state index contributed by atoms with van der Waals surface area (Å²) in [6.07, 6.45) is 0. The quantitative estimate of drug-likeness (QED) is 0.239. The van der Waals surface area contributed by atoms with Crippen LogP contribution >= 0.6 is 11.3 Å². The Labute approximate surface area is 223 Å². The van der Waals surface area contributed by atoms with Crippen LogP contribution in [0.4, 0.5) is 5.00 Å². The largest absolute Gasteiger partial charge is 0.493 e. The Morgan fingerprint density at radius 1 is 0.816 bits per heavy atom. The summed E-state index contributed by atoms with van der Waals surface area (Å²) >= 11 is 1.27. The van der Waals surface area contributed by atoms with Crippen molar-refractivity contribution in [1.82, 2.24) is 4.98 Å². The molecule has 0 aliphatic carbocycles. The average molecular weight is 525 g/mol. The lowest BCUT2D eigenvalue weighted by molar-refractivity contribution is 0.0603. The fraction of sp³-hybridized carbons (Fsp3) is 0.100. The van der Waals surface area contributed by atoms with Gasteiger partial charge in [0.15, 0.2) is 11.5 Å². The fourth-order valence-corrected chi connectivity index (χ4v) is 5.21. The van der Waals surface area contributed by atoms with Crippen molar-refractivity contribution in [2.45, 2.75) is 0 Å². The zero-order valence-electron chi connectivity index (χ0n) is 21.0. The van der Waals surface area contributed by atoms with E-state index in [2.05, 4.69) is 5.32 Å². The van der Waals surface area contributed by atoms with Crippen LogP contribution in [0.25, 0.3) is 33.3 Å². The Hall–Kier alpha value is -4.69. The third-order valence-electron chi connectivity index (χ3n) is 6.13. The van der Waals surface area contributed by atoms with Crippen LogP contribution in [0.1, 0.15) is 20.7 Å². The molecule has 190 valence electrons. The van der Waals surface area contributed by atoms with E-state index in [1.807, 2.05) is 72.1 Å². The van der Waals surface area contributed by atoms with E-state index < -0.39 is 5.97 Å². The van der Waals surface area contributed by atoms with E-state index in [1.54, 1.807) is 26.4 Å². The maximum Gasteiger partial charge on any atom is 0.341 e. The first-order chi connectivity index (χ1) is 18.5. The molecule has 5 rings (SSSR count). The van der Waals surface area contributed by atoms with Crippen LogP contribution in [-0.2, 0) is 4.74 Å². The predicted molar refractivity (Wildman–Crippen MR) is 149 cm³/mol. The van der Waals surface area contributed by atoms with E-state index in [0.717, 1.165) is 11.1 Å². The minimum Gasteiger partial charge on any atom is -0.493 e. The van der Waals surface area contributed by atoms with Gasteiger partial charge in [-0.1, -0.05) is 48.5 Å². The number of nitrogens with zero attached hydrogens (tertiary/aromatic N) is 1. The first kappa shape index (κ1) is 25.0. The van der Waals surface area contributed by atoms with Crippen molar-refractivity contribution < 1.29 is 23.8 Å². The summed E-state index contributed by atoms with van der Waals surface area (Å²) in [5.41, 5.74) is 4.31. The molecule has 0 saturated heterocycles. The number of nitrogens with one attached hydrogen (secondary N) is 1. The highest BCUT2D eigenvalue weighted by Crippen LogP contribution is 2.37. The summed E-state index contributed by atoms with van der Waals surface area (Å²) in [5, 5.41) is 5.89. The van der Waals surface area contributed by atoms with Crippen LogP contribution in [0.2, 0.25) is 0 Å². The molecule has 5 aromatic rings. The van der Waals surface area contributed by atoms with E-state index in [-0.39, 0.29) is 5.91 Å². The number of pyridine rings is 1. The van der Waals surface area contributed by atoms with Crippen LogP contribution in [0.5, 0.6) is 11.5 Å². The fourth-order valence-electron chi connectivity index (χ4n) is 4.26. The minimum atomic E-state index is -0.522. The summed E-state index contributed by atoms with van der Waals surface area (Å²) in [7, 11) is 4.47. The number of para-hydroxylation sites is 1. The van der Waals surface area contributed by atoms with E-state index in [1.165, 1.54) is 18.4 Å². The number of aromatic nitrogens is 1. The summed E-state index contributed by atoms with van der Waals surface area (Å²) in [4.78, 5) is 31.3. The van der Waals surface area contributed by atoms with Crippen molar-refractivity contribution in [2.75, 3.05) is 26.6 Å². The monoisotopic (exact) mass is 524 g/mol. The number of esters is 1. The maximum atomic E-state index is 13.7. The molecule has 1 N–H and O–H groups in total. The first-order valence-electron chi connectivity index (χ1n) is 11.7. The minimum absolute atomic E-state index is 0.315. The molecule has 0 aliphatic rings. The van der Waals surface area contributed by atoms with Gasteiger partial charge in [-0.25, -0.2) is 9.78 Å². The zero-order valence-corrected chi connectivity index (χ0v) is 21.8. The number of benzene rings is 3. The number of hydrogen-bond acceptors (Lipinski definition) is 7. The van der Waals surface area contributed by atoms with Gasteiger partial charge in [0.2, 0.25) is 0 Å². The SMILES string of the molecule is COC(=O)c1c(-c2ccccc2)csc1NC(=O)c1cc(-c2ccc(OC)c(OC)c2)nc2ccccc12. The van der Waals surface area contributed by atoms with Crippen LogP contribution < -0.4 is 14.8 Å². The molecule has 3 aromatic carbocycles. The molecule has 2 aromatic heterocycles. The Morgan fingerprint density at radius 2 is 1.55 bits per heavy atom. The van der Waals surface area contributed by atoms with Gasteiger partial charge in [-0.3, -0.25) is 4.79 Å². The molecule has 0 atom stereocenters. The second-order valence-electron chi connectivity index (χ2n) is 8.31. The van der Waals surface area contributed by atoms with E-state index >= 15 is 0 Å². The van der Waals surface area contributed by atoms with Crippen molar-refractivity contribution in [3.05, 3.63) is 95.4 Å². The molecule has 1 amide bonds. The summed E-state index contributed by atoms with van der Waals surface area (Å²) in [5.74, 6) is 0.265. The Bertz CT molecular complexity index is 1650. The first-order valence-corrected chi connectivity index (χ1v) is 12.6. The van der Waals surface area contributed by atoms with E-state index in [0.29, 0.717) is 49.8 Å². The molecule has 38 heavy (non-hydrogen) atoms. The molecule has 0 bridgehead atoms. The third kappa shape index (κ3) is 4.69. The van der Waals surface area contributed by atoms with Gasteiger partial charge in [-0.15, -0.1) is 11.3 Å². The number of anilines is 1. The molecule has 0 spiro atoms. The summed E-state index contributed by atoms with van der Waals surface area (Å²) < 4.78 is 15.9. The number of carbonyl (C=O) groups is 2. The maximum absolute atomic E-state index is 13.7. The lowest BCUT2D eigenvalue weighted by Crippen LogP contribution is -2.15.